The Kier molecular flexibility index (Phi) is 2.92. The lowest BCUT2D eigenvalue weighted by Gasteiger charge is -2.30. The standard InChI is InChI=1S/C14H17N3/c1-2-4-14-12(3-1)9-13(14)10-15-5-7-17-8-6-16-11-17/h1-4,6,8,11,13,15H,5,7,9-10H2. The summed E-state index contributed by atoms with van der Waals surface area (Å²) in [6.45, 7) is 3.09. The van der Waals surface area contributed by atoms with E-state index in [0.717, 1.165) is 19.6 Å². The maximum absolute atomic E-state index is 4.03. The molecule has 1 N–H and O–H groups in total. The van der Waals surface area contributed by atoms with Crippen molar-refractivity contribution in [2.24, 2.45) is 0 Å². The lowest BCUT2D eigenvalue weighted by atomic mass is 9.78. The Hall–Kier alpha value is -1.61. The second-order valence-corrected chi connectivity index (χ2v) is 4.60. The summed E-state index contributed by atoms with van der Waals surface area (Å²) in [6, 6.07) is 8.75. The first-order valence-electron chi connectivity index (χ1n) is 6.18. The van der Waals surface area contributed by atoms with E-state index in [1.807, 2.05) is 18.7 Å². The summed E-state index contributed by atoms with van der Waals surface area (Å²) in [6.07, 6.45) is 6.91. The molecule has 3 nitrogen and oxygen atoms in total. The van der Waals surface area contributed by atoms with Gasteiger partial charge in [-0.15, -0.1) is 0 Å². The molecule has 0 saturated carbocycles. The van der Waals surface area contributed by atoms with Crippen LogP contribution in [-0.2, 0) is 13.0 Å². The van der Waals surface area contributed by atoms with Crippen LogP contribution in [0.1, 0.15) is 17.0 Å². The molecule has 1 aromatic heterocycles. The summed E-state index contributed by atoms with van der Waals surface area (Å²) in [5, 5.41) is 3.52. The molecule has 0 radical (unpaired) electrons. The maximum atomic E-state index is 4.03. The van der Waals surface area contributed by atoms with Gasteiger partial charge in [-0.2, -0.15) is 0 Å². The SMILES string of the molecule is c1ccc2c(c1)CC2CNCCn1ccnc1. The quantitative estimate of drug-likeness (QED) is 0.790. The first-order valence-corrected chi connectivity index (χ1v) is 6.18. The Bertz CT molecular complexity index is 476. The van der Waals surface area contributed by atoms with E-state index in [0.29, 0.717) is 5.92 Å². The molecule has 1 heterocycles. The summed E-state index contributed by atoms with van der Waals surface area (Å²) in [5.41, 5.74) is 3.05. The van der Waals surface area contributed by atoms with Crippen LogP contribution in [0, 0.1) is 0 Å². The van der Waals surface area contributed by atoms with Gasteiger partial charge in [0.25, 0.3) is 0 Å². The van der Waals surface area contributed by atoms with Crippen LogP contribution in [0.2, 0.25) is 0 Å². The van der Waals surface area contributed by atoms with Crippen molar-refractivity contribution < 1.29 is 0 Å². The minimum Gasteiger partial charge on any atom is -0.336 e. The Morgan fingerprint density at radius 1 is 1.35 bits per heavy atom. The van der Waals surface area contributed by atoms with Crippen molar-refractivity contribution in [2.75, 3.05) is 13.1 Å². The second kappa shape index (κ2) is 4.72. The van der Waals surface area contributed by atoms with E-state index in [-0.39, 0.29) is 0 Å². The number of benzene rings is 1. The number of rotatable bonds is 5. The zero-order chi connectivity index (χ0) is 11.5. The Balaban J connectivity index is 1.42. The fourth-order valence-corrected chi connectivity index (χ4v) is 2.45. The highest BCUT2D eigenvalue weighted by Crippen LogP contribution is 2.33. The first kappa shape index (κ1) is 10.5. The molecular weight excluding hydrogens is 210 g/mol. The third kappa shape index (κ3) is 2.24. The third-order valence-corrected chi connectivity index (χ3v) is 3.46. The van der Waals surface area contributed by atoms with E-state index < -0.39 is 0 Å². The average molecular weight is 227 g/mol. The topological polar surface area (TPSA) is 29.9 Å². The first-order chi connectivity index (χ1) is 8.43. The molecule has 0 spiro atoms. The van der Waals surface area contributed by atoms with Gasteiger partial charge in [0, 0.05) is 37.9 Å². The lowest BCUT2D eigenvalue weighted by Crippen LogP contribution is -2.30. The Morgan fingerprint density at radius 2 is 2.29 bits per heavy atom. The highest BCUT2D eigenvalue weighted by molar-refractivity contribution is 5.40. The molecule has 0 amide bonds. The fourth-order valence-electron chi connectivity index (χ4n) is 2.45. The van der Waals surface area contributed by atoms with E-state index in [1.54, 1.807) is 0 Å². The molecule has 3 rings (SSSR count). The molecule has 1 atom stereocenters. The van der Waals surface area contributed by atoms with Crippen molar-refractivity contribution in [1.82, 2.24) is 14.9 Å². The zero-order valence-corrected chi connectivity index (χ0v) is 9.84. The summed E-state index contributed by atoms with van der Waals surface area (Å²) < 4.78 is 2.10. The Morgan fingerprint density at radius 3 is 3.12 bits per heavy atom. The second-order valence-electron chi connectivity index (χ2n) is 4.60. The molecule has 0 fully saturated rings. The predicted molar refractivity (Wildman–Crippen MR) is 68.0 cm³/mol. The highest BCUT2D eigenvalue weighted by Gasteiger charge is 2.24. The molecule has 3 heteroatoms. The van der Waals surface area contributed by atoms with Crippen LogP contribution in [0.15, 0.2) is 43.0 Å². The molecule has 0 aliphatic heterocycles. The van der Waals surface area contributed by atoms with Crippen LogP contribution in [0.5, 0.6) is 0 Å². The average Bonchev–Trinajstić information content (AvgIpc) is 2.82. The minimum atomic E-state index is 0.717. The van der Waals surface area contributed by atoms with Gasteiger partial charge in [-0.1, -0.05) is 24.3 Å². The molecule has 0 bridgehead atoms. The van der Waals surface area contributed by atoms with Gasteiger partial charge in [-0.3, -0.25) is 0 Å². The van der Waals surface area contributed by atoms with Gasteiger partial charge < -0.3 is 9.88 Å². The fraction of sp³-hybridized carbons (Fsp3) is 0.357. The van der Waals surface area contributed by atoms with Crippen LogP contribution >= 0.6 is 0 Å². The van der Waals surface area contributed by atoms with Crippen LogP contribution < -0.4 is 5.32 Å². The van der Waals surface area contributed by atoms with Crippen molar-refractivity contribution in [3.8, 4) is 0 Å². The van der Waals surface area contributed by atoms with Gasteiger partial charge in [0.15, 0.2) is 0 Å². The summed E-state index contributed by atoms with van der Waals surface area (Å²) in [5.74, 6) is 0.717. The summed E-state index contributed by atoms with van der Waals surface area (Å²) in [4.78, 5) is 4.03. The number of nitrogens with one attached hydrogen (secondary N) is 1. The van der Waals surface area contributed by atoms with Crippen molar-refractivity contribution in [3.05, 3.63) is 54.1 Å². The van der Waals surface area contributed by atoms with Gasteiger partial charge in [-0.25, -0.2) is 4.98 Å². The van der Waals surface area contributed by atoms with E-state index in [2.05, 4.69) is 39.1 Å². The molecular formula is C14H17N3. The zero-order valence-electron chi connectivity index (χ0n) is 9.84. The van der Waals surface area contributed by atoms with Crippen LogP contribution in [0.4, 0.5) is 0 Å². The third-order valence-electron chi connectivity index (χ3n) is 3.46. The predicted octanol–water partition coefficient (Wildman–Crippen LogP) is 1.81. The van der Waals surface area contributed by atoms with E-state index in [4.69, 9.17) is 0 Å². The van der Waals surface area contributed by atoms with Crippen molar-refractivity contribution in [3.63, 3.8) is 0 Å². The van der Waals surface area contributed by atoms with E-state index in [1.165, 1.54) is 17.5 Å². The van der Waals surface area contributed by atoms with E-state index in [9.17, 15) is 0 Å². The van der Waals surface area contributed by atoms with Crippen molar-refractivity contribution >= 4 is 0 Å². The highest BCUT2D eigenvalue weighted by atomic mass is 15.0. The van der Waals surface area contributed by atoms with Crippen LogP contribution in [0.3, 0.4) is 0 Å². The molecule has 17 heavy (non-hydrogen) atoms. The molecule has 1 aliphatic carbocycles. The molecule has 2 aromatic rings. The number of nitrogens with zero attached hydrogens (tertiary/aromatic N) is 2. The maximum Gasteiger partial charge on any atom is 0.0946 e. The monoisotopic (exact) mass is 227 g/mol. The minimum absolute atomic E-state index is 0.717. The number of hydrogen-bond donors (Lipinski definition) is 1. The van der Waals surface area contributed by atoms with Crippen LogP contribution in [-0.4, -0.2) is 22.6 Å². The van der Waals surface area contributed by atoms with Crippen LogP contribution in [0.25, 0.3) is 0 Å². The molecule has 0 saturated heterocycles. The molecule has 1 aliphatic rings. The normalized spacial score (nSPS) is 17.5. The number of aromatic nitrogens is 2. The molecule has 1 unspecified atom stereocenters. The molecule has 88 valence electrons. The molecule has 1 aromatic carbocycles. The van der Waals surface area contributed by atoms with Gasteiger partial charge >= 0.3 is 0 Å². The van der Waals surface area contributed by atoms with Gasteiger partial charge in [0.1, 0.15) is 0 Å². The van der Waals surface area contributed by atoms with Gasteiger partial charge in [-0.05, 0) is 17.5 Å². The van der Waals surface area contributed by atoms with Gasteiger partial charge in [0.05, 0.1) is 6.33 Å². The van der Waals surface area contributed by atoms with Crippen molar-refractivity contribution in [1.29, 1.82) is 0 Å². The lowest BCUT2D eigenvalue weighted by molar-refractivity contribution is 0.514. The largest absolute Gasteiger partial charge is 0.336 e. The smallest absolute Gasteiger partial charge is 0.0946 e. The van der Waals surface area contributed by atoms with E-state index >= 15 is 0 Å². The summed E-state index contributed by atoms with van der Waals surface area (Å²) in [7, 11) is 0. The van der Waals surface area contributed by atoms with Crippen molar-refractivity contribution in [2.45, 2.75) is 18.9 Å². The van der Waals surface area contributed by atoms with Gasteiger partial charge in [0.2, 0.25) is 0 Å². The number of imidazole rings is 1. The number of hydrogen-bond acceptors (Lipinski definition) is 2. The Labute approximate surface area is 101 Å². The summed E-state index contributed by atoms with van der Waals surface area (Å²) >= 11 is 0. The number of fused-ring (bicyclic) bond motifs is 1.